The first-order valence-corrected chi connectivity index (χ1v) is 7.72. The second-order valence-electron chi connectivity index (χ2n) is 6.04. The van der Waals surface area contributed by atoms with E-state index in [-0.39, 0.29) is 6.04 Å². The molecule has 1 heterocycles. The highest BCUT2D eigenvalue weighted by Crippen LogP contribution is 2.37. The molecular formula is C15H28N2O. The molecule has 0 bridgehead atoms. The van der Waals surface area contributed by atoms with Gasteiger partial charge < -0.3 is 4.90 Å². The van der Waals surface area contributed by atoms with Crippen molar-refractivity contribution in [2.75, 3.05) is 6.67 Å². The molecule has 4 atom stereocenters. The van der Waals surface area contributed by atoms with Gasteiger partial charge in [0.15, 0.2) is 0 Å². The smallest absolute Gasteiger partial charge is 0.241 e. The Kier molecular flexibility index (Phi) is 4.66. The van der Waals surface area contributed by atoms with E-state index in [9.17, 15) is 4.79 Å². The van der Waals surface area contributed by atoms with Crippen LogP contribution in [0.4, 0.5) is 0 Å². The molecule has 104 valence electrons. The number of carbonyl (C=O) groups excluding carboxylic acids is 1. The molecule has 1 aliphatic heterocycles. The van der Waals surface area contributed by atoms with Gasteiger partial charge in [-0.25, -0.2) is 0 Å². The summed E-state index contributed by atoms with van der Waals surface area (Å²) < 4.78 is 0. The third-order valence-corrected chi connectivity index (χ3v) is 5.04. The standard InChI is InChI=1S/C15H28N2O/c1-4-6-7-13-15(18)17(10-16-13)14-9-8-12(5-2)11(14)3/h11-14,16H,4-10H2,1-3H3. The van der Waals surface area contributed by atoms with E-state index in [1.54, 1.807) is 0 Å². The van der Waals surface area contributed by atoms with Crippen LogP contribution in [0.5, 0.6) is 0 Å². The van der Waals surface area contributed by atoms with Crippen molar-refractivity contribution in [2.24, 2.45) is 11.8 Å². The maximum Gasteiger partial charge on any atom is 0.241 e. The molecule has 0 radical (unpaired) electrons. The van der Waals surface area contributed by atoms with Crippen molar-refractivity contribution in [1.82, 2.24) is 10.2 Å². The number of amides is 1. The van der Waals surface area contributed by atoms with Gasteiger partial charge in [0.25, 0.3) is 0 Å². The van der Waals surface area contributed by atoms with Gasteiger partial charge in [-0.2, -0.15) is 0 Å². The van der Waals surface area contributed by atoms with Crippen LogP contribution in [0.2, 0.25) is 0 Å². The topological polar surface area (TPSA) is 32.3 Å². The van der Waals surface area contributed by atoms with Gasteiger partial charge in [-0.3, -0.25) is 10.1 Å². The van der Waals surface area contributed by atoms with E-state index in [0.717, 1.165) is 25.4 Å². The lowest BCUT2D eigenvalue weighted by molar-refractivity contribution is -0.131. The summed E-state index contributed by atoms with van der Waals surface area (Å²) in [6.07, 6.45) is 7.08. The summed E-state index contributed by atoms with van der Waals surface area (Å²) in [6.45, 7) is 7.57. The molecule has 18 heavy (non-hydrogen) atoms. The molecule has 0 aromatic rings. The minimum absolute atomic E-state index is 0.0952. The van der Waals surface area contributed by atoms with Gasteiger partial charge in [-0.1, -0.05) is 40.0 Å². The van der Waals surface area contributed by atoms with Gasteiger partial charge in [0.1, 0.15) is 0 Å². The molecule has 1 saturated carbocycles. The highest BCUT2D eigenvalue weighted by atomic mass is 16.2. The summed E-state index contributed by atoms with van der Waals surface area (Å²) in [6, 6.07) is 0.583. The molecule has 4 unspecified atom stereocenters. The molecule has 1 saturated heterocycles. The second kappa shape index (κ2) is 6.05. The van der Waals surface area contributed by atoms with E-state index in [1.165, 1.54) is 25.7 Å². The normalized spacial score (nSPS) is 36.6. The van der Waals surface area contributed by atoms with Crippen molar-refractivity contribution in [1.29, 1.82) is 0 Å². The lowest BCUT2D eigenvalue weighted by Crippen LogP contribution is -2.40. The first-order chi connectivity index (χ1) is 8.69. The monoisotopic (exact) mass is 252 g/mol. The maximum atomic E-state index is 12.4. The first kappa shape index (κ1) is 13.9. The predicted molar refractivity (Wildman–Crippen MR) is 74.1 cm³/mol. The van der Waals surface area contributed by atoms with Crippen LogP contribution in [0.15, 0.2) is 0 Å². The fourth-order valence-corrected chi connectivity index (χ4v) is 3.73. The zero-order valence-corrected chi connectivity index (χ0v) is 12.1. The number of nitrogens with zero attached hydrogens (tertiary/aromatic N) is 1. The highest BCUT2D eigenvalue weighted by Gasteiger charge is 2.41. The van der Waals surface area contributed by atoms with Crippen LogP contribution in [0, 0.1) is 11.8 Å². The summed E-state index contributed by atoms with van der Waals surface area (Å²) >= 11 is 0. The third kappa shape index (κ3) is 2.56. The van der Waals surface area contributed by atoms with Gasteiger partial charge in [0.05, 0.1) is 12.7 Å². The Balaban J connectivity index is 1.93. The van der Waals surface area contributed by atoms with Gasteiger partial charge in [0, 0.05) is 6.04 Å². The molecule has 1 aliphatic carbocycles. The molecule has 1 amide bonds. The van der Waals surface area contributed by atoms with Crippen molar-refractivity contribution in [3.63, 3.8) is 0 Å². The number of hydrogen-bond donors (Lipinski definition) is 1. The van der Waals surface area contributed by atoms with Gasteiger partial charge in [-0.15, -0.1) is 0 Å². The third-order valence-electron chi connectivity index (χ3n) is 5.04. The molecule has 2 fully saturated rings. The molecule has 0 spiro atoms. The average Bonchev–Trinajstić information content (AvgIpc) is 2.90. The Morgan fingerprint density at radius 3 is 2.72 bits per heavy atom. The van der Waals surface area contributed by atoms with E-state index >= 15 is 0 Å². The quantitative estimate of drug-likeness (QED) is 0.816. The van der Waals surface area contributed by atoms with E-state index in [1.807, 2.05) is 0 Å². The molecule has 0 aromatic carbocycles. The SMILES string of the molecule is CCCCC1NCN(C2CCC(CC)C2C)C1=O. The van der Waals surface area contributed by atoms with Crippen molar-refractivity contribution in [3.8, 4) is 0 Å². The first-order valence-electron chi connectivity index (χ1n) is 7.72. The minimum atomic E-state index is 0.0952. The van der Waals surface area contributed by atoms with Gasteiger partial charge in [-0.05, 0) is 31.1 Å². The number of rotatable bonds is 5. The predicted octanol–water partition coefficient (Wildman–Crippen LogP) is 2.76. The van der Waals surface area contributed by atoms with Crippen molar-refractivity contribution in [2.45, 2.75) is 71.4 Å². The Morgan fingerprint density at radius 2 is 2.11 bits per heavy atom. The minimum Gasteiger partial charge on any atom is -0.325 e. The van der Waals surface area contributed by atoms with Crippen LogP contribution in [0.1, 0.15) is 59.3 Å². The Bertz CT molecular complexity index is 292. The molecule has 2 rings (SSSR count). The summed E-state index contributed by atoms with van der Waals surface area (Å²) in [7, 11) is 0. The summed E-state index contributed by atoms with van der Waals surface area (Å²) in [5.41, 5.74) is 0. The van der Waals surface area contributed by atoms with E-state index in [0.29, 0.717) is 17.9 Å². The molecule has 0 aromatic heterocycles. The van der Waals surface area contributed by atoms with Crippen LogP contribution in [-0.4, -0.2) is 29.6 Å². The number of hydrogen-bond acceptors (Lipinski definition) is 2. The van der Waals surface area contributed by atoms with E-state index < -0.39 is 0 Å². The van der Waals surface area contributed by atoms with Gasteiger partial charge in [0.2, 0.25) is 5.91 Å². The van der Waals surface area contributed by atoms with Gasteiger partial charge >= 0.3 is 0 Å². The fourth-order valence-electron chi connectivity index (χ4n) is 3.73. The second-order valence-corrected chi connectivity index (χ2v) is 6.04. The van der Waals surface area contributed by atoms with Crippen LogP contribution >= 0.6 is 0 Å². The summed E-state index contributed by atoms with van der Waals surface area (Å²) in [5, 5.41) is 3.40. The molecular weight excluding hydrogens is 224 g/mol. The lowest BCUT2D eigenvalue weighted by atomic mass is 9.93. The highest BCUT2D eigenvalue weighted by molar-refractivity contribution is 5.84. The number of unbranched alkanes of at least 4 members (excludes halogenated alkanes) is 1. The van der Waals surface area contributed by atoms with Crippen LogP contribution < -0.4 is 5.32 Å². The Hall–Kier alpha value is -0.570. The largest absolute Gasteiger partial charge is 0.325 e. The van der Waals surface area contributed by atoms with Crippen LogP contribution in [0.25, 0.3) is 0 Å². The summed E-state index contributed by atoms with van der Waals surface area (Å²) in [5.74, 6) is 1.85. The van der Waals surface area contributed by atoms with Crippen LogP contribution in [0.3, 0.4) is 0 Å². The van der Waals surface area contributed by atoms with Crippen LogP contribution in [-0.2, 0) is 4.79 Å². The number of carbonyl (C=O) groups is 1. The molecule has 3 heteroatoms. The van der Waals surface area contributed by atoms with Crippen molar-refractivity contribution < 1.29 is 4.79 Å². The molecule has 3 nitrogen and oxygen atoms in total. The fraction of sp³-hybridized carbons (Fsp3) is 0.933. The lowest BCUT2D eigenvalue weighted by Gasteiger charge is -2.29. The molecule has 1 N–H and O–H groups in total. The Labute approximate surface area is 111 Å². The maximum absolute atomic E-state index is 12.4. The van der Waals surface area contributed by atoms with Crippen molar-refractivity contribution in [3.05, 3.63) is 0 Å². The summed E-state index contributed by atoms with van der Waals surface area (Å²) in [4.78, 5) is 14.5. The zero-order valence-electron chi connectivity index (χ0n) is 12.1. The Morgan fingerprint density at radius 1 is 1.33 bits per heavy atom. The zero-order chi connectivity index (χ0) is 13.1. The average molecular weight is 252 g/mol. The number of nitrogens with one attached hydrogen (secondary N) is 1. The van der Waals surface area contributed by atoms with E-state index in [2.05, 4.69) is 31.0 Å². The van der Waals surface area contributed by atoms with Crippen molar-refractivity contribution >= 4 is 5.91 Å². The molecule has 2 aliphatic rings. The van der Waals surface area contributed by atoms with E-state index in [4.69, 9.17) is 0 Å².